The Hall–Kier alpha value is -1.14. The lowest BCUT2D eigenvalue weighted by Crippen LogP contribution is -1.89. The zero-order chi connectivity index (χ0) is 11.2. The molecule has 2 aromatic rings. The van der Waals surface area contributed by atoms with Gasteiger partial charge >= 0.3 is 0 Å². The molecule has 0 amide bonds. The van der Waals surface area contributed by atoms with Gasteiger partial charge in [0.15, 0.2) is 0 Å². The van der Waals surface area contributed by atoms with E-state index in [0.29, 0.717) is 11.8 Å². The first kappa shape index (κ1) is 11.3. The van der Waals surface area contributed by atoms with Crippen molar-refractivity contribution in [2.45, 2.75) is 17.7 Å². The van der Waals surface area contributed by atoms with Crippen LogP contribution in [-0.4, -0.2) is 21.8 Å². The predicted molar refractivity (Wildman–Crippen MR) is 64.9 cm³/mol. The summed E-state index contributed by atoms with van der Waals surface area (Å²) in [6.45, 7) is 2.56. The molecule has 0 bridgehead atoms. The van der Waals surface area contributed by atoms with Gasteiger partial charge in [-0.15, -0.1) is 10.2 Å². The molecule has 0 spiro atoms. The van der Waals surface area contributed by atoms with Gasteiger partial charge < -0.3 is 4.74 Å². The molecule has 0 aliphatic carbocycles. The van der Waals surface area contributed by atoms with Gasteiger partial charge in [0, 0.05) is 6.20 Å². The van der Waals surface area contributed by atoms with E-state index in [1.807, 2.05) is 25.1 Å². The highest BCUT2D eigenvalue weighted by atomic mass is 32.2. The minimum absolute atomic E-state index is 0.627. The van der Waals surface area contributed by atoms with E-state index in [-0.39, 0.29) is 0 Å². The summed E-state index contributed by atoms with van der Waals surface area (Å²) in [7, 11) is 0. The van der Waals surface area contributed by atoms with Crippen molar-refractivity contribution in [1.29, 1.82) is 0 Å². The SMILES string of the molecule is CCOc1nnc(CSc2ccccn2)s1. The van der Waals surface area contributed by atoms with Crippen molar-refractivity contribution in [2.24, 2.45) is 0 Å². The summed E-state index contributed by atoms with van der Waals surface area (Å²) in [5.74, 6) is 0.780. The molecule has 84 valence electrons. The Kier molecular flexibility index (Phi) is 4.12. The van der Waals surface area contributed by atoms with Crippen molar-refractivity contribution in [2.75, 3.05) is 6.61 Å². The fourth-order valence-corrected chi connectivity index (χ4v) is 2.64. The summed E-state index contributed by atoms with van der Waals surface area (Å²) in [4.78, 5) is 4.23. The first-order chi connectivity index (χ1) is 7.88. The van der Waals surface area contributed by atoms with Crippen molar-refractivity contribution in [1.82, 2.24) is 15.2 Å². The zero-order valence-electron chi connectivity index (χ0n) is 8.79. The molecule has 0 unspecified atom stereocenters. The topological polar surface area (TPSA) is 47.9 Å². The third kappa shape index (κ3) is 3.18. The Morgan fingerprint density at radius 2 is 2.31 bits per heavy atom. The van der Waals surface area contributed by atoms with Crippen LogP contribution >= 0.6 is 23.1 Å². The molecule has 2 rings (SSSR count). The van der Waals surface area contributed by atoms with Gasteiger partial charge in [-0.1, -0.05) is 29.2 Å². The van der Waals surface area contributed by atoms with Crippen molar-refractivity contribution in [3.05, 3.63) is 29.4 Å². The van der Waals surface area contributed by atoms with Crippen LogP contribution < -0.4 is 4.74 Å². The van der Waals surface area contributed by atoms with E-state index < -0.39 is 0 Å². The van der Waals surface area contributed by atoms with Crippen molar-refractivity contribution < 1.29 is 4.74 Å². The van der Waals surface area contributed by atoms with Crippen LogP contribution in [0.15, 0.2) is 29.4 Å². The number of aromatic nitrogens is 3. The highest BCUT2D eigenvalue weighted by Crippen LogP contribution is 2.25. The number of rotatable bonds is 5. The highest BCUT2D eigenvalue weighted by Gasteiger charge is 2.05. The molecule has 0 aliphatic heterocycles. The van der Waals surface area contributed by atoms with Gasteiger partial charge in [-0.25, -0.2) is 4.98 Å². The van der Waals surface area contributed by atoms with E-state index in [9.17, 15) is 0 Å². The summed E-state index contributed by atoms with van der Waals surface area (Å²) in [6, 6.07) is 5.86. The van der Waals surface area contributed by atoms with Gasteiger partial charge in [-0.05, 0) is 19.1 Å². The van der Waals surface area contributed by atoms with E-state index in [1.165, 1.54) is 11.3 Å². The molecule has 0 saturated heterocycles. The lowest BCUT2D eigenvalue weighted by atomic mass is 10.5. The second-order valence-corrected chi connectivity index (χ2v) is 4.87. The number of pyridine rings is 1. The zero-order valence-corrected chi connectivity index (χ0v) is 10.4. The molecular weight excluding hydrogens is 242 g/mol. The van der Waals surface area contributed by atoms with E-state index in [1.54, 1.807) is 18.0 Å². The number of thioether (sulfide) groups is 1. The van der Waals surface area contributed by atoms with Gasteiger partial charge in [0.1, 0.15) is 5.01 Å². The second kappa shape index (κ2) is 5.81. The Morgan fingerprint density at radius 3 is 3.06 bits per heavy atom. The van der Waals surface area contributed by atoms with Crippen LogP contribution in [-0.2, 0) is 5.75 Å². The third-order valence-electron chi connectivity index (χ3n) is 1.70. The molecule has 0 aromatic carbocycles. The molecule has 4 nitrogen and oxygen atoms in total. The van der Waals surface area contributed by atoms with Crippen LogP contribution in [0.25, 0.3) is 0 Å². The molecule has 0 saturated carbocycles. The number of hydrogen-bond donors (Lipinski definition) is 0. The molecule has 16 heavy (non-hydrogen) atoms. The summed E-state index contributed by atoms with van der Waals surface area (Å²) >= 11 is 3.13. The molecule has 0 atom stereocenters. The van der Waals surface area contributed by atoms with Gasteiger partial charge in [0.25, 0.3) is 5.19 Å². The Balaban J connectivity index is 1.89. The van der Waals surface area contributed by atoms with Gasteiger partial charge in [0.2, 0.25) is 0 Å². The summed E-state index contributed by atoms with van der Waals surface area (Å²) in [5.41, 5.74) is 0. The minimum Gasteiger partial charge on any atom is -0.469 e. The van der Waals surface area contributed by atoms with E-state index in [2.05, 4.69) is 15.2 Å². The van der Waals surface area contributed by atoms with E-state index >= 15 is 0 Å². The summed E-state index contributed by atoms with van der Waals surface area (Å²) in [6.07, 6.45) is 1.79. The average Bonchev–Trinajstić information content (AvgIpc) is 2.76. The maximum absolute atomic E-state index is 5.26. The lowest BCUT2D eigenvalue weighted by Gasteiger charge is -1.95. The molecule has 2 heterocycles. The van der Waals surface area contributed by atoms with Crippen LogP contribution in [0.2, 0.25) is 0 Å². The molecule has 0 radical (unpaired) electrons. The normalized spacial score (nSPS) is 10.3. The highest BCUT2D eigenvalue weighted by molar-refractivity contribution is 7.98. The Bertz CT molecular complexity index is 433. The average molecular weight is 253 g/mol. The lowest BCUT2D eigenvalue weighted by molar-refractivity contribution is 0.335. The quantitative estimate of drug-likeness (QED) is 0.767. The van der Waals surface area contributed by atoms with E-state index in [0.717, 1.165) is 15.8 Å². The minimum atomic E-state index is 0.627. The molecule has 0 N–H and O–H groups in total. The van der Waals surface area contributed by atoms with Crippen LogP contribution in [0.1, 0.15) is 11.9 Å². The molecule has 2 aromatic heterocycles. The fourth-order valence-electron chi connectivity index (χ4n) is 1.05. The van der Waals surface area contributed by atoms with Crippen LogP contribution in [0.3, 0.4) is 0 Å². The van der Waals surface area contributed by atoms with Crippen LogP contribution in [0.5, 0.6) is 5.19 Å². The van der Waals surface area contributed by atoms with E-state index in [4.69, 9.17) is 4.74 Å². The van der Waals surface area contributed by atoms with Gasteiger partial charge in [-0.3, -0.25) is 0 Å². The maximum Gasteiger partial charge on any atom is 0.294 e. The molecule has 0 aliphatic rings. The van der Waals surface area contributed by atoms with Crippen LogP contribution in [0, 0.1) is 0 Å². The Labute approximate surface area is 102 Å². The first-order valence-corrected chi connectivity index (χ1v) is 6.67. The van der Waals surface area contributed by atoms with Crippen molar-refractivity contribution >= 4 is 23.1 Å². The summed E-state index contributed by atoms with van der Waals surface area (Å²) < 4.78 is 5.26. The monoisotopic (exact) mass is 253 g/mol. The standard InChI is InChI=1S/C10H11N3OS2/c1-2-14-10-13-12-9(16-10)7-15-8-5-3-4-6-11-8/h3-6H,2,7H2,1H3. The van der Waals surface area contributed by atoms with Crippen molar-refractivity contribution in [3.63, 3.8) is 0 Å². The van der Waals surface area contributed by atoms with Gasteiger partial charge in [0.05, 0.1) is 17.4 Å². The molecule has 0 fully saturated rings. The molecular formula is C10H11N3OS2. The fraction of sp³-hybridized carbons (Fsp3) is 0.300. The largest absolute Gasteiger partial charge is 0.469 e. The number of ether oxygens (including phenoxy) is 1. The molecule has 6 heteroatoms. The summed E-state index contributed by atoms with van der Waals surface area (Å²) in [5, 5.41) is 10.6. The maximum atomic E-state index is 5.26. The Morgan fingerprint density at radius 1 is 1.38 bits per heavy atom. The smallest absolute Gasteiger partial charge is 0.294 e. The predicted octanol–water partition coefficient (Wildman–Crippen LogP) is 2.62. The third-order valence-corrected chi connectivity index (χ3v) is 3.67. The van der Waals surface area contributed by atoms with Gasteiger partial charge in [-0.2, -0.15) is 0 Å². The van der Waals surface area contributed by atoms with Crippen LogP contribution in [0.4, 0.5) is 0 Å². The number of nitrogens with zero attached hydrogens (tertiary/aromatic N) is 3. The second-order valence-electron chi connectivity index (χ2n) is 2.85. The number of hydrogen-bond acceptors (Lipinski definition) is 6. The first-order valence-electron chi connectivity index (χ1n) is 4.87. The van der Waals surface area contributed by atoms with Crippen molar-refractivity contribution in [3.8, 4) is 5.19 Å².